The van der Waals surface area contributed by atoms with Gasteiger partial charge in [0.25, 0.3) is 5.91 Å². The number of phenolic OH excluding ortho intramolecular Hbond substituents is 1. The lowest BCUT2D eigenvalue weighted by atomic mass is 9.73. The van der Waals surface area contributed by atoms with Crippen molar-refractivity contribution in [2.45, 2.75) is 45.1 Å². The number of hydrogen-bond acceptors (Lipinski definition) is 4. The lowest BCUT2D eigenvalue weighted by Gasteiger charge is -2.44. The smallest absolute Gasteiger partial charge is 0.260 e. The number of piperidine rings is 1. The van der Waals surface area contributed by atoms with Crippen LogP contribution in [-0.4, -0.2) is 54.1 Å². The summed E-state index contributed by atoms with van der Waals surface area (Å²) in [6, 6.07) is 12.7. The Kier molecular flexibility index (Phi) is 6.99. The number of carbonyl (C=O) groups is 1. The number of carbonyl (C=O) groups excluding carboxylic acids is 1. The molecule has 32 heavy (non-hydrogen) atoms. The summed E-state index contributed by atoms with van der Waals surface area (Å²) in [5.74, 6) is 0.00828. The standard InChI is InChI=1S/C26H33FN2O3/c1-28-19-26(12-5-4-8-20-7-2-3-11-23(20)32-18-24(28)30)13-15-29(16-14-26)17-21-9-6-10-22(27)25(21)31/h2-3,6-7,9-11,31H,4-5,8,12-19H2,1H3. The van der Waals surface area contributed by atoms with Crippen LogP contribution < -0.4 is 4.74 Å². The highest BCUT2D eigenvalue weighted by atomic mass is 19.1. The summed E-state index contributed by atoms with van der Waals surface area (Å²) >= 11 is 0. The molecule has 0 aromatic heterocycles. The Morgan fingerprint density at radius 1 is 1.06 bits per heavy atom. The maximum atomic E-state index is 13.7. The number of likely N-dealkylation sites (tertiary alicyclic amines) is 1. The lowest BCUT2D eigenvalue weighted by molar-refractivity contribution is -0.134. The lowest BCUT2D eigenvalue weighted by Crippen LogP contribution is -2.47. The Hall–Kier alpha value is -2.60. The predicted molar refractivity (Wildman–Crippen MR) is 122 cm³/mol. The highest BCUT2D eigenvalue weighted by molar-refractivity contribution is 5.77. The van der Waals surface area contributed by atoms with Crippen LogP contribution in [0.3, 0.4) is 0 Å². The van der Waals surface area contributed by atoms with Gasteiger partial charge in [-0.05, 0) is 68.3 Å². The predicted octanol–water partition coefficient (Wildman–Crippen LogP) is 4.38. The summed E-state index contributed by atoms with van der Waals surface area (Å²) in [7, 11) is 1.88. The number of benzene rings is 2. The Morgan fingerprint density at radius 3 is 2.66 bits per heavy atom. The minimum Gasteiger partial charge on any atom is -0.505 e. The molecule has 0 saturated carbocycles. The molecule has 0 bridgehead atoms. The zero-order valence-electron chi connectivity index (χ0n) is 18.9. The van der Waals surface area contributed by atoms with E-state index in [4.69, 9.17) is 4.74 Å². The number of amides is 1. The second kappa shape index (κ2) is 9.90. The summed E-state index contributed by atoms with van der Waals surface area (Å²) < 4.78 is 19.6. The summed E-state index contributed by atoms with van der Waals surface area (Å²) in [4.78, 5) is 16.9. The first-order valence-electron chi connectivity index (χ1n) is 11.6. The third kappa shape index (κ3) is 5.23. The van der Waals surface area contributed by atoms with Crippen LogP contribution in [0.4, 0.5) is 4.39 Å². The van der Waals surface area contributed by atoms with E-state index in [-0.39, 0.29) is 23.7 Å². The van der Waals surface area contributed by atoms with Crippen LogP contribution in [0, 0.1) is 11.2 Å². The number of aryl methyl sites for hydroxylation is 1. The number of likely N-dealkylation sites (N-methyl/N-ethyl adjacent to an activating group) is 1. The van der Waals surface area contributed by atoms with Crippen molar-refractivity contribution in [3.05, 3.63) is 59.4 Å². The Labute approximate surface area is 189 Å². The minimum absolute atomic E-state index is 0.00636. The van der Waals surface area contributed by atoms with E-state index in [9.17, 15) is 14.3 Å². The maximum absolute atomic E-state index is 13.7. The first-order chi connectivity index (χ1) is 15.5. The van der Waals surface area contributed by atoms with Crippen LogP contribution in [0.15, 0.2) is 42.5 Å². The SMILES string of the molecule is CN1CC2(CCCCc3ccccc3OCC1=O)CCN(Cc1cccc(F)c1O)CC2. The van der Waals surface area contributed by atoms with Gasteiger partial charge in [-0.2, -0.15) is 0 Å². The zero-order valence-corrected chi connectivity index (χ0v) is 18.9. The summed E-state index contributed by atoms with van der Waals surface area (Å²) in [6.45, 7) is 3.08. The van der Waals surface area contributed by atoms with Gasteiger partial charge in [-0.25, -0.2) is 4.39 Å². The molecule has 0 atom stereocenters. The van der Waals surface area contributed by atoms with Crippen molar-refractivity contribution in [1.29, 1.82) is 0 Å². The summed E-state index contributed by atoms with van der Waals surface area (Å²) in [5.41, 5.74) is 1.88. The van der Waals surface area contributed by atoms with Crippen molar-refractivity contribution >= 4 is 5.91 Å². The fourth-order valence-corrected chi connectivity index (χ4v) is 5.11. The van der Waals surface area contributed by atoms with Gasteiger partial charge in [0.1, 0.15) is 5.75 Å². The van der Waals surface area contributed by atoms with Crippen molar-refractivity contribution in [3.8, 4) is 11.5 Å². The normalized spacial score (nSPS) is 20.2. The van der Waals surface area contributed by atoms with Crippen molar-refractivity contribution in [2.24, 2.45) is 5.41 Å². The van der Waals surface area contributed by atoms with Gasteiger partial charge in [-0.15, -0.1) is 0 Å². The van der Waals surface area contributed by atoms with Crippen LogP contribution in [0.25, 0.3) is 0 Å². The molecule has 2 aromatic rings. The molecule has 0 unspecified atom stereocenters. The second-order valence-corrected chi connectivity index (χ2v) is 9.38. The minimum atomic E-state index is -0.570. The molecule has 1 fully saturated rings. The van der Waals surface area contributed by atoms with Crippen molar-refractivity contribution in [3.63, 3.8) is 0 Å². The molecular formula is C26H33FN2O3. The van der Waals surface area contributed by atoms with Crippen LogP contribution in [0.1, 0.15) is 43.2 Å². The van der Waals surface area contributed by atoms with E-state index in [0.29, 0.717) is 12.1 Å². The number of para-hydroxylation sites is 2. The first-order valence-corrected chi connectivity index (χ1v) is 11.6. The number of halogens is 1. The van der Waals surface area contributed by atoms with Crippen LogP contribution in [0.5, 0.6) is 11.5 Å². The fourth-order valence-electron chi connectivity index (χ4n) is 5.11. The number of nitrogens with zero attached hydrogens (tertiary/aromatic N) is 2. The number of fused-ring (bicyclic) bond motifs is 1. The Balaban J connectivity index is 1.42. The van der Waals surface area contributed by atoms with Crippen molar-refractivity contribution in [2.75, 3.05) is 33.3 Å². The summed E-state index contributed by atoms with van der Waals surface area (Å²) in [5, 5.41) is 10.0. The van der Waals surface area contributed by atoms with Gasteiger partial charge in [0.15, 0.2) is 18.2 Å². The number of phenols is 1. The average molecular weight is 441 g/mol. The van der Waals surface area contributed by atoms with Gasteiger partial charge in [0, 0.05) is 25.7 Å². The Bertz CT molecular complexity index is 940. The molecule has 2 aromatic carbocycles. The zero-order chi connectivity index (χ0) is 22.6. The molecule has 5 nitrogen and oxygen atoms in total. The first kappa shape index (κ1) is 22.6. The van der Waals surface area contributed by atoms with E-state index in [1.807, 2.05) is 30.1 Å². The van der Waals surface area contributed by atoms with Gasteiger partial charge in [0.2, 0.25) is 0 Å². The Morgan fingerprint density at radius 2 is 1.84 bits per heavy atom. The maximum Gasteiger partial charge on any atom is 0.260 e. The molecule has 1 N–H and O–H groups in total. The molecule has 1 amide bonds. The topological polar surface area (TPSA) is 53.0 Å². The van der Waals surface area contributed by atoms with Gasteiger partial charge < -0.3 is 14.7 Å². The molecule has 1 spiro atoms. The number of ether oxygens (including phenoxy) is 1. The molecular weight excluding hydrogens is 407 g/mol. The third-order valence-electron chi connectivity index (χ3n) is 7.11. The largest absolute Gasteiger partial charge is 0.505 e. The molecule has 172 valence electrons. The fraction of sp³-hybridized carbons (Fsp3) is 0.500. The molecule has 4 rings (SSSR count). The molecule has 2 aliphatic rings. The molecule has 2 aliphatic heterocycles. The van der Waals surface area contributed by atoms with Crippen molar-refractivity contribution in [1.82, 2.24) is 9.80 Å². The second-order valence-electron chi connectivity index (χ2n) is 9.38. The van der Waals surface area contributed by atoms with Crippen LogP contribution in [0.2, 0.25) is 0 Å². The highest BCUT2D eigenvalue weighted by Crippen LogP contribution is 2.39. The van der Waals surface area contributed by atoms with E-state index in [1.165, 1.54) is 11.6 Å². The average Bonchev–Trinajstić information content (AvgIpc) is 2.79. The number of hydrogen-bond donors (Lipinski definition) is 1. The van der Waals surface area contributed by atoms with Crippen LogP contribution >= 0.6 is 0 Å². The number of rotatable bonds is 2. The highest BCUT2D eigenvalue weighted by Gasteiger charge is 2.36. The summed E-state index contributed by atoms with van der Waals surface area (Å²) in [6.07, 6.45) is 6.23. The van der Waals surface area contributed by atoms with E-state index < -0.39 is 5.82 Å². The quantitative estimate of drug-likeness (QED) is 0.753. The molecule has 0 radical (unpaired) electrons. The van der Waals surface area contributed by atoms with E-state index in [0.717, 1.165) is 63.9 Å². The number of aromatic hydroxyl groups is 1. The van der Waals surface area contributed by atoms with E-state index in [2.05, 4.69) is 11.0 Å². The monoisotopic (exact) mass is 440 g/mol. The van der Waals surface area contributed by atoms with Gasteiger partial charge in [-0.3, -0.25) is 9.69 Å². The third-order valence-corrected chi connectivity index (χ3v) is 7.11. The van der Waals surface area contributed by atoms with Gasteiger partial charge in [0.05, 0.1) is 0 Å². The molecule has 2 heterocycles. The van der Waals surface area contributed by atoms with Gasteiger partial charge >= 0.3 is 0 Å². The molecule has 1 saturated heterocycles. The molecule has 0 aliphatic carbocycles. The van der Waals surface area contributed by atoms with Gasteiger partial charge in [-0.1, -0.05) is 36.8 Å². The molecule has 6 heteroatoms. The van der Waals surface area contributed by atoms with E-state index >= 15 is 0 Å². The van der Waals surface area contributed by atoms with Crippen molar-refractivity contribution < 1.29 is 19.0 Å². The van der Waals surface area contributed by atoms with Crippen LogP contribution in [-0.2, 0) is 17.8 Å². The van der Waals surface area contributed by atoms with E-state index in [1.54, 1.807) is 12.1 Å².